The maximum atomic E-state index is 4.58. The lowest BCUT2D eigenvalue weighted by Gasteiger charge is -1.70. The molecule has 20 heterocycles. The van der Waals surface area contributed by atoms with Crippen LogP contribution in [0.1, 0.15) is 277 Å². The molecule has 6 N–H and O–H groups in total. The number of thiophene rings is 1. The van der Waals surface area contributed by atoms with Gasteiger partial charge in [0.25, 0.3) is 0 Å². The Bertz CT molecular complexity index is 2760. The second-order valence-corrected chi connectivity index (χ2v) is 18.1. The monoisotopic (exact) mass is 2100 g/mol. The molecule has 20 aromatic rings. The Hall–Kier alpha value is -14.6. The highest BCUT2D eigenvalue weighted by atomic mass is 32.1. The molecular weight excluding hydrogens is 1920 g/mol. The van der Waals surface area contributed by atoms with Crippen LogP contribution in [0, 0.1) is 0 Å². The Morgan fingerprint density at radius 3 is 0.889 bits per heavy atom. The van der Waals surface area contributed by atoms with E-state index in [9.17, 15) is 0 Å². The zero-order valence-electron chi connectivity index (χ0n) is 94.1. The van der Waals surface area contributed by atoms with E-state index in [1.807, 2.05) is 384 Å². The summed E-state index contributed by atoms with van der Waals surface area (Å²) in [5.41, 5.74) is 6.83. The number of aromatic nitrogens is 35. The van der Waals surface area contributed by atoms with Gasteiger partial charge >= 0.3 is 0 Å². The molecule has 0 saturated carbocycles. The van der Waals surface area contributed by atoms with E-state index in [0.29, 0.717) is 0 Å². The normalized spacial score (nSPS) is 6.61. The van der Waals surface area contributed by atoms with Gasteiger partial charge in [-0.25, -0.2) is 34.9 Å². The van der Waals surface area contributed by atoms with E-state index < -0.39 is 0 Å². The standard InChI is InChI=1S/C5H5N.3C4H4N2.C4H5N.C4H4O.C4H4S.2C3H4N2.2C3H3NO.C3H3NS.2C2H3N3.2C2H2N2O.3C2H2N2S.20C2H6.CH2N4/c1-2-4-6-5-3-1;1-2-6-4-3-5-1;1-2-5-4-6-3-1;1-2-4-6-5-3-1;3*1-2-4-5-3-1;1-2-5-3-4-1;1-2-4-5-3-1;1-2-5-3-4-1;1-2-4-5-3-1;1-2-5-3-4-1;1-3-2-5-4-1;1-2-4-5-3-1;1-3-4-2-5-1;1-3-2-5-4-1;1-3-4-2-5-1;1-3-2-5-4-1;1-2-5-4-3-1;20*1-2;1-2-4-5-3-1/h1-5H;3*1-4H;1-5H;2*1-4H;2*1-3H,(H,4,5);3*1-3H;2*1-2H,(H,3,4,5);5*1-2H;20*1-2H3;1H,(H,2,3,4,5). The molecule has 20 rings (SSSR count). The first-order valence-corrected chi connectivity index (χ1v) is 52.6. The lowest BCUT2D eigenvalue weighted by Crippen LogP contribution is -1.69. The number of furan rings is 1. The van der Waals surface area contributed by atoms with E-state index in [0.717, 1.165) is 0 Å². The van der Waals surface area contributed by atoms with Crippen molar-refractivity contribution in [3.05, 3.63) is 360 Å². The molecule has 0 aliphatic rings. The summed E-state index contributed by atoms with van der Waals surface area (Å²) >= 11 is 7.51. The predicted molar refractivity (Wildman–Crippen MR) is 609 cm³/mol. The number of oxazole rings is 1. The molecule has 144 heavy (non-hydrogen) atoms. The van der Waals surface area contributed by atoms with E-state index in [1.165, 1.54) is 110 Å². The summed E-state index contributed by atoms with van der Waals surface area (Å²) in [6.07, 6.45) is 58.8. The van der Waals surface area contributed by atoms with Crippen molar-refractivity contribution in [1.29, 1.82) is 0 Å². The maximum Gasteiger partial charge on any atom is 0.213 e. The van der Waals surface area contributed by atoms with Gasteiger partial charge in [-0.3, -0.25) is 30.1 Å². The number of tetrazole rings is 1. The van der Waals surface area contributed by atoms with Gasteiger partial charge in [0.05, 0.1) is 55.3 Å². The lowest BCUT2D eigenvalue weighted by atomic mass is 10.5. The van der Waals surface area contributed by atoms with E-state index in [2.05, 4.69) is 198 Å². The summed E-state index contributed by atoms with van der Waals surface area (Å²) in [6.45, 7) is 80.0. The summed E-state index contributed by atoms with van der Waals surface area (Å²) in [5.74, 6) is 0. The minimum atomic E-state index is 1.26. The Kier molecular flexibility index (Phi) is 323. The van der Waals surface area contributed by atoms with Crippen LogP contribution in [0.25, 0.3) is 0 Å². The van der Waals surface area contributed by atoms with Crippen LogP contribution in [-0.2, 0) is 0 Å². The number of hydrogen-bond acceptors (Lipinski definition) is 39. The van der Waals surface area contributed by atoms with Crippen LogP contribution in [0.5, 0.6) is 0 Å². The number of nitrogens with one attached hydrogen (secondary N) is 6. The highest BCUT2D eigenvalue weighted by molar-refractivity contribution is 7.08. The van der Waals surface area contributed by atoms with Crippen molar-refractivity contribution in [2.24, 2.45) is 0 Å². The first-order valence-electron chi connectivity index (χ1n) is 48.1. The van der Waals surface area contributed by atoms with Crippen LogP contribution in [0.3, 0.4) is 0 Å². The van der Waals surface area contributed by atoms with E-state index in [-0.39, 0.29) is 0 Å². The van der Waals surface area contributed by atoms with Gasteiger partial charge in [-0.2, -0.15) is 56.7 Å². The molecule has 0 aliphatic carbocycles. The van der Waals surface area contributed by atoms with Crippen LogP contribution >= 0.6 is 57.1 Å². The fraction of sp³-hybridized carbons (Fsp3) is 0.404. The van der Waals surface area contributed by atoms with Crippen molar-refractivity contribution in [2.75, 3.05) is 0 Å². The number of imidazole rings is 1. The van der Waals surface area contributed by atoms with Gasteiger partial charge in [0.15, 0.2) is 19.0 Å². The van der Waals surface area contributed by atoms with Gasteiger partial charge in [0.2, 0.25) is 19.2 Å². The lowest BCUT2D eigenvalue weighted by molar-refractivity contribution is 0.416. The van der Waals surface area contributed by atoms with Crippen molar-refractivity contribution >= 4 is 57.1 Å². The Morgan fingerprint density at radius 2 is 0.750 bits per heavy atom. The molecule has 40 nitrogen and oxygen atoms in total. The van der Waals surface area contributed by atoms with Crippen molar-refractivity contribution < 1.29 is 22.3 Å². The molecular formula is C99H185N35O5S5. The number of rotatable bonds is 0. The van der Waals surface area contributed by atoms with Crippen LogP contribution < -0.4 is 0 Å². The van der Waals surface area contributed by atoms with Gasteiger partial charge in [-0.05, 0) is 101 Å². The van der Waals surface area contributed by atoms with Crippen molar-refractivity contribution in [2.45, 2.75) is 277 Å². The highest BCUT2D eigenvalue weighted by Gasteiger charge is 1.69. The molecule has 0 radical (unpaired) electrons. The molecule has 20 aromatic heterocycles. The topological polar surface area (TPSA) is 534 Å². The molecule has 0 amide bonds. The fourth-order valence-corrected chi connectivity index (χ4v) is 5.53. The van der Waals surface area contributed by atoms with Gasteiger partial charge in [-0.15, -0.1) is 58.4 Å². The summed E-state index contributed by atoms with van der Waals surface area (Å²) in [7, 11) is 0. The smallest absolute Gasteiger partial charge is 0.213 e. The molecule has 816 valence electrons. The number of nitrogens with zero attached hydrogens (tertiary/aromatic N) is 29. The van der Waals surface area contributed by atoms with Crippen molar-refractivity contribution in [1.82, 2.24) is 176 Å². The van der Waals surface area contributed by atoms with Crippen LogP contribution in [0.2, 0.25) is 0 Å². The summed E-state index contributed by atoms with van der Waals surface area (Å²) < 4.78 is 29.1. The third kappa shape index (κ3) is 255. The molecule has 0 unspecified atom stereocenters. The molecule has 0 saturated heterocycles. The van der Waals surface area contributed by atoms with Gasteiger partial charge < -0.3 is 32.3 Å². The molecule has 0 aromatic carbocycles. The third-order valence-electron chi connectivity index (χ3n) is 7.55. The average Bonchev–Trinajstić information content (AvgIpc) is 2.03. The average molecular weight is 2110 g/mol. The predicted octanol–water partition coefficient (Wildman–Crippen LogP) is 31.0. The van der Waals surface area contributed by atoms with Crippen LogP contribution in [-0.4, -0.2) is 176 Å². The second-order valence-electron chi connectivity index (χ2n) is 14.5. The van der Waals surface area contributed by atoms with E-state index in [1.54, 1.807) is 200 Å². The third-order valence-corrected chi connectivity index (χ3v) is 10.00. The second kappa shape index (κ2) is 261. The first-order chi connectivity index (χ1) is 72.0. The minimum Gasteiger partial charge on any atom is -0.473 e. The van der Waals surface area contributed by atoms with Crippen molar-refractivity contribution in [3.8, 4) is 0 Å². The first kappa shape index (κ1) is 178. The van der Waals surface area contributed by atoms with E-state index in [4.69, 9.17) is 0 Å². The zero-order valence-corrected chi connectivity index (χ0v) is 98.2. The summed E-state index contributed by atoms with van der Waals surface area (Å²) in [4.78, 5) is 45.8. The minimum absolute atomic E-state index is 1.26. The molecule has 0 bridgehead atoms. The number of hydrogen-bond donors (Lipinski definition) is 6. The number of thiazole rings is 1. The molecule has 45 heteroatoms. The van der Waals surface area contributed by atoms with Crippen LogP contribution in [0.4, 0.5) is 0 Å². The van der Waals surface area contributed by atoms with Gasteiger partial charge in [-0.1, -0.05) is 315 Å². The Labute approximate surface area is 886 Å². The molecule has 0 spiro atoms. The van der Waals surface area contributed by atoms with Gasteiger partial charge in [0, 0.05) is 116 Å². The van der Waals surface area contributed by atoms with Crippen LogP contribution in [0.15, 0.2) is 382 Å². The summed E-state index contributed by atoms with van der Waals surface area (Å²) in [6, 6.07) is 26.3. The van der Waals surface area contributed by atoms with Gasteiger partial charge in [0.1, 0.15) is 54.4 Å². The molecule has 0 atom stereocenters. The molecule has 0 aliphatic heterocycles. The SMILES string of the molecule is CC.CC.CC.CC.CC.CC.CC.CC.CC.CC.CC.CC.CC.CC.CC.CC.CC.CC.CC.CC.c1c[nH]cn1.c1cc[nH]c1.c1ccncc1.c1ccnnc1.c1ccoc1.c1ccsc1.c1cn[nH]c1.c1cn[nH]n1.c1cnccn1.c1cncnc1.c1cnoc1.c1cocn1.c1cscn1.c1csnn1.c1nc[nH]n1.c1ncon1.c1ncsn1.c1nn[nH]n1.c1nnco1.c1nncs1. The number of pyridine rings is 1. The fourth-order valence-electron chi connectivity index (χ4n) is 3.90. The highest BCUT2D eigenvalue weighted by Crippen LogP contribution is 1.92. The largest absolute Gasteiger partial charge is 0.473 e. The summed E-state index contributed by atoms with van der Waals surface area (Å²) in [5, 5.41) is 72.3. The number of H-pyrrole nitrogens is 6. The zero-order chi connectivity index (χ0) is 114. The van der Waals surface area contributed by atoms with Crippen molar-refractivity contribution in [3.63, 3.8) is 0 Å². The number of aromatic amines is 6. The Morgan fingerprint density at radius 1 is 0.208 bits per heavy atom. The maximum absolute atomic E-state index is 4.58. The molecule has 0 fully saturated rings. The van der Waals surface area contributed by atoms with E-state index >= 15 is 0 Å². The quantitative estimate of drug-likeness (QED) is 0.0821. The Balaban J connectivity index is -0.0000000613.